The first-order valence-electron chi connectivity index (χ1n) is 9.03. The third kappa shape index (κ3) is 2.32. The van der Waals surface area contributed by atoms with Crippen LogP contribution in [0.3, 0.4) is 0 Å². The zero-order valence-corrected chi connectivity index (χ0v) is 14.3. The Labute approximate surface area is 154 Å². The van der Waals surface area contributed by atoms with Gasteiger partial charge in [0.05, 0.1) is 16.8 Å². The molecule has 6 rings (SSSR count). The van der Waals surface area contributed by atoms with Crippen molar-refractivity contribution in [1.82, 2.24) is 4.90 Å². The molecule has 6 atom stereocenters. The molecule has 27 heavy (non-hydrogen) atoms. The molecular weight excluding hydrogens is 350 g/mol. The number of nitro benzene ring substituents is 1. The zero-order valence-electron chi connectivity index (χ0n) is 14.3. The number of allylic oxidation sites excluding steroid dienone is 2. The Bertz CT molecular complexity index is 872. The topological polar surface area (TPSA) is 110 Å². The van der Waals surface area contributed by atoms with Crippen LogP contribution < -0.4 is 5.32 Å². The maximum Gasteiger partial charge on any atom is 0.269 e. The highest BCUT2D eigenvalue weighted by atomic mass is 16.6. The number of amides is 3. The van der Waals surface area contributed by atoms with Crippen LogP contribution in [0.2, 0.25) is 0 Å². The second-order valence-corrected chi connectivity index (χ2v) is 7.77. The van der Waals surface area contributed by atoms with Gasteiger partial charge in [0, 0.05) is 17.8 Å². The highest BCUT2D eigenvalue weighted by Gasteiger charge is 2.67. The van der Waals surface area contributed by atoms with Crippen LogP contribution in [0.4, 0.5) is 11.4 Å². The molecule has 2 saturated carbocycles. The van der Waals surface area contributed by atoms with Crippen LogP contribution in [0.5, 0.6) is 0 Å². The fraction of sp³-hybridized carbons (Fsp3) is 0.421. The van der Waals surface area contributed by atoms with Crippen LogP contribution in [-0.2, 0) is 14.4 Å². The van der Waals surface area contributed by atoms with E-state index in [0.717, 1.165) is 11.3 Å². The Kier molecular flexibility index (Phi) is 3.28. The number of benzene rings is 1. The molecule has 1 saturated heterocycles. The number of nitrogens with one attached hydrogen (secondary N) is 1. The third-order valence-electron chi connectivity index (χ3n) is 6.42. The number of hydrogen-bond donors (Lipinski definition) is 1. The van der Waals surface area contributed by atoms with Crippen LogP contribution in [0.15, 0.2) is 36.4 Å². The van der Waals surface area contributed by atoms with E-state index in [0.29, 0.717) is 17.5 Å². The fourth-order valence-corrected chi connectivity index (χ4v) is 5.19. The van der Waals surface area contributed by atoms with E-state index in [9.17, 15) is 24.5 Å². The molecule has 138 valence electrons. The lowest BCUT2D eigenvalue weighted by Gasteiger charge is -2.37. The molecule has 0 aromatic heterocycles. The summed E-state index contributed by atoms with van der Waals surface area (Å²) in [6, 6.07) is 5.40. The Balaban J connectivity index is 1.29. The maximum absolute atomic E-state index is 12.8. The summed E-state index contributed by atoms with van der Waals surface area (Å²) in [6.07, 6.45) is 5.27. The van der Waals surface area contributed by atoms with Gasteiger partial charge in [-0.2, -0.15) is 0 Å². The Hall–Kier alpha value is -3.03. The Morgan fingerprint density at radius 2 is 1.63 bits per heavy atom. The lowest BCUT2D eigenvalue weighted by Crippen LogP contribution is -2.40. The Morgan fingerprint density at radius 1 is 1.07 bits per heavy atom. The van der Waals surface area contributed by atoms with Crippen molar-refractivity contribution in [2.75, 3.05) is 11.9 Å². The normalized spacial score (nSPS) is 35.0. The first kappa shape index (κ1) is 16.2. The molecule has 8 heteroatoms. The van der Waals surface area contributed by atoms with Gasteiger partial charge in [-0.05, 0) is 42.2 Å². The van der Waals surface area contributed by atoms with Crippen molar-refractivity contribution in [2.24, 2.45) is 35.5 Å². The molecule has 0 radical (unpaired) electrons. The summed E-state index contributed by atoms with van der Waals surface area (Å²) in [5.41, 5.74) is 0.300. The molecule has 1 aromatic carbocycles. The largest absolute Gasteiger partial charge is 0.325 e. The first-order valence-corrected chi connectivity index (χ1v) is 9.03. The van der Waals surface area contributed by atoms with Gasteiger partial charge in [-0.15, -0.1) is 0 Å². The van der Waals surface area contributed by atoms with Gasteiger partial charge < -0.3 is 5.32 Å². The number of rotatable bonds is 4. The van der Waals surface area contributed by atoms with E-state index in [-0.39, 0.29) is 47.7 Å². The number of imide groups is 1. The smallest absolute Gasteiger partial charge is 0.269 e. The van der Waals surface area contributed by atoms with Crippen LogP contribution in [0, 0.1) is 45.6 Å². The van der Waals surface area contributed by atoms with E-state index in [4.69, 9.17) is 0 Å². The van der Waals surface area contributed by atoms with Crippen LogP contribution in [0.25, 0.3) is 0 Å². The van der Waals surface area contributed by atoms with Gasteiger partial charge in [0.2, 0.25) is 17.7 Å². The van der Waals surface area contributed by atoms with E-state index in [2.05, 4.69) is 17.5 Å². The van der Waals surface area contributed by atoms with Crippen molar-refractivity contribution in [3.8, 4) is 0 Å². The quantitative estimate of drug-likeness (QED) is 0.376. The Morgan fingerprint density at radius 3 is 2.15 bits per heavy atom. The highest BCUT2D eigenvalue weighted by Crippen LogP contribution is 2.65. The lowest BCUT2D eigenvalue weighted by molar-refractivity contribution is -0.384. The average molecular weight is 367 g/mol. The van der Waals surface area contributed by atoms with Gasteiger partial charge in [-0.1, -0.05) is 12.2 Å². The van der Waals surface area contributed by atoms with Crippen molar-refractivity contribution in [2.45, 2.75) is 6.42 Å². The van der Waals surface area contributed by atoms with Crippen LogP contribution >= 0.6 is 0 Å². The summed E-state index contributed by atoms with van der Waals surface area (Å²) < 4.78 is 0. The molecule has 2 bridgehead atoms. The summed E-state index contributed by atoms with van der Waals surface area (Å²) in [4.78, 5) is 49.2. The van der Waals surface area contributed by atoms with E-state index in [1.165, 1.54) is 24.3 Å². The van der Waals surface area contributed by atoms with Gasteiger partial charge >= 0.3 is 0 Å². The van der Waals surface area contributed by atoms with Crippen LogP contribution in [-0.4, -0.2) is 34.1 Å². The number of nitrogens with zero attached hydrogens (tertiary/aromatic N) is 2. The molecule has 3 fully saturated rings. The average Bonchev–Trinajstić information content (AvgIpc) is 3.43. The van der Waals surface area contributed by atoms with Gasteiger partial charge in [0.15, 0.2) is 0 Å². The zero-order chi connectivity index (χ0) is 18.9. The highest BCUT2D eigenvalue weighted by molar-refractivity contribution is 6.09. The second kappa shape index (κ2) is 5.48. The fourth-order valence-electron chi connectivity index (χ4n) is 5.19. The van der Waals surface area contributed by atoms with Gasteiger partial charge in [-0.25, -0.2) is 0 Å². The van der Waals surface area contributed by atoms with E-state index in [1.807, 2.05) is 0 Å². The predicted molar refractivity (Wildman–Crippen MR) is 93.1 cm³/mol. The van der Waals surface area contributed by atoms with Gasteiger partial charge in [0.25, 0.3) is 5.69 Å². The third-order valence-corrected chi connectivity index (χ3v) is 6.42. The second-order valence-electron chi connectivity index (χ2n) is 7.77. The number of hydrogen-bond acceptors (Lipinski definition) is 5. The molecule has 3 amide bonds. The van der Waals surface area contributed by atoms with Gasteiger partial charge in [-0.3, -0.25) is 29.4 Å². The van der Waals surface area contributed by atoms with E-state index < -0.39 is 10.8 Å². The van der Waals surface area contributed by atoms with E-state index >= 15 is 0 Å². The summed E-state index contributed by atoms with van der Waals surface area (Å²) in [5, 5.41) is 13.3. The van der Waals surface area contributed by atoms with Crippen molar-refractivity contribution in [3.05, 3.63) is 46.5 Å². The molecule has 4 aliphatic carbocycles. The maximum atomic E-state index is 12.8. The molecule has 0 unspecified atom stereocenters. The minimum Gasteiger partial charge on any atom is -0.325 e. The van der Waals surface area contributed by atoms with Crippen LogP contribution in [0.1, 0.15) is 6.42 Å². The number of anilines is 1. The number of carbonyl (C=O) groups excluding carboxylic acids is 3. The van der Waals surface area contributed by atoms with Crippen molar-refractivity contribution >= 4 is 29.1 Å². The SMILES string of the molecule is O=C(CN1C(=O)[C@@H]2[C@H]3C=C[C@H]([C@H]4C[C@H]34)[C@@H]2C1=O)Nc1ccc([N+](=O)[O-])cc1. The summed E-state index contributed by atoms with van der Waals surface area (Å²) in [6.45, 7) is -0.323. The van der Waals surface area contributed by atoms with Crippen molar-refractivity contribution < 1.29 is 19.3 Å². The molecular formula is C19H17N3O5. The summed E-state index contributed by atoms with van der Waals surface area (Å²) in [5.74, 6) is -0.309. The molecule has 1 heterocycles. The van der Waals surface area contributed by atoms with Crippen molar-refractivity contribution in [3.63, 3.8) is 0 Å². The first-order chi connectivity index (χ1) is 13.0. The molecule has 1 N–H and O–H groups in total. The number of nitro groups is 1. The number of likely N-dealkylation sites (tertiary alicyclic amines) is 1. The minimum absolute atomic E-state index is 0.0801. The molecule has 1 aliphatic heterocycles. The standard InChI is InChI=1S/C19H17N3O5/c23-15(20-9-1-3-10(4-2-9)22(26)27)8-21-18(24)16-11-5-6-12(14-7-13(11)14)17(16)19(21)25/h1-6,11-14,16-17H,7-8H2,(H,20,23)/t11-,12+,13-,14-,16+,17-/m1/s1. The lowest BCUT2D eigenvalue weighted by atomic mass is 9.63. The van der Waals surface area contributed by atoms with Crippen molar-refractivity contribution in [1.29, 1.82) is 0 Å². The molecule has 5 aliphatic rings. The monoisotopic (exact) mass is 367 g/mol. The molecule has 1 aromatic rings. The number of carbonyl (C=O) groups is 3. The number of non-ortho nitro benzene ring substituents is 1. The molecule has 0 spiro atoms. The van der Waals surface area contributed by atoms with E-state index in [1.54, 1.807) is 0 Å². The summed E-state index contributed by atoms with van der Waals surface area (Å²) >= 11 is 0. The minimum atomic E-state index is -0.526. The van der Waals surface area contributed by atoms with Gasteiger partial charge in [0.1, 0.15) is 6.54 Å². The molecule has 8 nitrogen and oxygen atoms in total. The predicted octanol–water partition coefficient (Wildman–Crippen LogP) is 1.59. The summed E-state index contributed by atoms with van der Waals surface area (Å²) in [7, 11) is 0.